The molecule has 0 saturated carbocycles. The van der Waals surface area contributed by atoms with Crippen LogP contribution in [0.4, 0.5) is 5.69 Å². The molecule has 0 amide bonds. The Kier molecular flexibility index (Phi) is 6.89. The Morgan fingerprint density at radius 2 is 1.56 bits per heavy atom. The first kappa shape index (κ1) is 26.1. The number of hydrogen-bond acceptors (Lipinski definition) is 5. The summed E-state index contributed by atoms with van der Waals surface area (Å²) in [5, 5.41) is 15.2. The molecule has 2 aromatic heterocycles. The number of ketones is 1. The quantitative estimate of drug-likeness (QED) is 0.278. The molecule has 0 aliphatic carbocycles. The van der Waals surface area contributed by atoms with Gasteiger partial charge in [0, 0.05) is 30.9 Å². The fourth-order valence-electron chi connectivity index (χ4n) is 4.87. The molecule has 2 N–H and O–H groups in total. The van der Waals surface area contributed by atoms with Gasteiger partial charge in [0.2, 0.25) is 0 Å². The number of rotatable bonds is 7. The summed E-state index contributed by atoms with van der Waals surface area (Å²) in [4.78, 5) is 40.4. The molecule has 0 unspecified atom stereocenters. The Hall–Kier alpha value is -4.56. The lowest BCUT2D eigenvalue weighted by atomic mass is 9.96. The van der Waals surface area contributed by atoms with Crippen LogP contribution in [0.15, 0.2) is 88.5 Å². The van der Waals surface area contributed by atoms with Crippen LogP contribution in [0.3, 0.4) is 0 Å². The first-order valence-corrected chi connectivity index (χ1v) is 12.8. The van der Waals surface area contributed by atoms with Gasteiger partial charge in [-0.15, -0.1) is 0 Å². The highest BCUT2D eigenvalue weighted by Crippen LogP contribution is 2.30. The van der Waals surface area contributed by atoms with E-state index in [1.807, 2.05) is 37.3 Å². The Balaban J connectivity index is 1.58. The highest BCUT2D eigenvalue weighted by molar-refractivity contribution is 6.30. The molecule has 0 aliphatic rings. The van der Waals surface area contributed by atoms with Gasteiger partial charge in [-0.25, -0.2) is 4.68 Å². The van der Waals surface area contributed by atoms with E-state index in [1.54, 1.807) is 72.0 Å². The van der Waals surface area contributed by atoms with Gasteiger partial charge in [-0.3, -0.25) is 19.1 Å². The number of halogens is 1. The number of aromatic nitrogens is 3. The van der Waals surface area contributed by atoms with Gasteiger partial charge in [0.15, 0.2) is 5.78 Å². The maximum absolute atomic E-state index is 13.7. The monoisotopic (exact) mass is 542 g/mol. The number of nitrogens with zero attached hydrogens (tertiary/aromatic N) is 3. The second-order valence-electron chi connectivity index (χ2n) is 9.42. The number of carbonyl (C=O) groups excluding carboxylic acids is 1. The van der Waals surface area contributed by atoms with E-state index >= 15 is 0 Å². The second kappa shape index (κ2) is 10.3. The largest absolute Gasteiger partial charge is 0.506 e. The summed E-state index contributed by atoms with van der Waals surface area (Å²) in [5.41, 5.74) is 1.74. The molecular formula is C30H27ClN4O4. The molecule has 0 aliphatic heterocycles. The van der Waals surface area contributed by atoms with Crippen molar-refractivity contribution in [2.24, 2.45) is 14.1 Å². The van der Waals surface area contributed by atoms with Crippen molar-refractivity contribution in [1.82, 2.24) is 13.9 Å². The SMILES string of the molecule is Cc1c(N[C@@H](CC(=O)c2c(O)c3ccccc3n(C)c2=O)c2ccc(Cl)cc2)c(=O)n(-c2ccccc2)n1C. The lowest BCUT2D eigenvalue weighted by Gasteiger charge is -2.20. The third-order valence-electron chi connectivity index (χ3n) is 7.09. The van der Waals surface area contributed by atoms with Crippen LogP contribution in [0.5, 0.6) is 5.75 Å². The summed E-state index contributed by atoms with van der Waals surface area (Å²) < 4.78 is 4.64. The zero-order valence-corrected chi connectivity index (χ0v) is 22.4. The van der Waals surface area contributed by atoms with Crippen LogP contribution in [-0.2, 0) is 14.1 Å². The van der Waals surface area contributed by atoms with Crippen molar-refractivity contribution in [3.8, 4) is 11.4 Å². The molecule has 5 aromatic rings. The topological polar surface area (TPSA) is 98.3 Å². The van der Waals surface area contributed by atoms with E-state index < -0.39 is 17.4 Å². The first-order chi connectivity index (χ1) is 18.7. The van der Waals surface area contributed by atoms with Gasteiger partial charge in [-0.05, 0) is 48.9 Å². The van der Waals surface area contributed by atoms with Crippen molar-refractivity contribution in [1.29, 1.82) is 0 Å². The van der Waals surface area contributed by atoms with E-state index in [-0.39, 0.29) is 23.3 Å². The van der Waals surface area contributed by atoms with Gasteiger partial charge in [-0.2, -0.15) is 0 Å². The maximum Gasteiger partial charge on any atom is 0.295 e. The molecule has 9 heteroatoms. The molecule has 3 aromatic carbocycles. The van der Waals surface area contributed by atoms with Crippen LogP contribution >= 0.6 is 11.6 Å². The van der Waals surface area contributed by atoms with Crippen LogP contribution in [-0.4, -0.2) is 24.8 Å². The van der Waals surface area contributed by atoms with Gasteiger partial charge >= 0.3 is 0 Å². The third kappa shape index (κ3) is 4.64. The van der Waals surface area contributed by atoms with E-state index in [9.17, 15) is 19.5 Å². The van der Waals surface area contributed by atoms with Crippen LogP contribution in [0.1, 0.15) is 34.1 Å². The van der Waals surface area contributed by atoms with Crippen LogP contribution in [0, 0.1) is 6.92 Å². The molecule has 198 valence electrons. The number of fused-ring (bicyclic) bond motifs is 1. The number of aromatic hydroxyl groups is 1. The minimum atomic E-state index is -0.691. The molecule has 1 atom stereocenters. The smallest absolute Gasteiger partial charge is 0.295 e. The summed E-state index contributed by atoms with van der Waals surface area (Å²) >= 11 is 6.11. The van der Waals surface area contributed by atoms with Crippen LogP contribution in [0.2, 0.25) is 5.02 Å². The Morgan fingerprint density at radius 3 is 2.26 bits per heavy atom. The molecule has 8 nitrogen and oxygen atoms in total. The summed E-state index contributed by atoms with van der Waals surface area (Å²) in [6, 6.07) is 22.3. The summed E-state index contributed by atoms with van der Waals surface area (Å²) in [6.45, 7) is 1.81. The van der Waals surface area contributed by atoms with Gasteiger partial charge < -0.3 is 15.0 Å². The van der Waals surface area contributed by atoms with Crippen molar-refractivity contribution in [2.45, 2.75) is 19.4 Å². The van der Waals surface area contributed by atoms with Crippen molar-refractivity contribution in [3.63, 3.8) is 0 Å². The third-order valence-corrected chi connectivity index (χ3v) is 7.34. The molecule has 0 fully saturated rings. The number of anilines is 1. The van der Waals surface area contributed by atoms with E-state index in [0.717, 1.165) is 0 Å². The molecule has 39 heavy (non-hydrogen) atoms. The number of aryl methyl sites for hydroxylation is 1. The minimum Gasteiger partial charge on any atom is -0.506 e. The lowest BCUT2D eigenvalue weighted by Crippen LogP contribution is -2.27. The fourth-order valence-corrected chi connectivity index (χ4v) is 5.00. The highest BCUT2D eigenvalue weighted by Gasteiger charge is 2.27. The fraction of sp³-hybridized carbons (Fsp3) is 0.167. The minimum absolute atomic E-state index is 0.193. The number of nitrogens with one attached hydrogen (secondary N) is 1. The molecule has 2 heterocycles. The van der Waals surface area contributed by atoms with Crippen molar-refractivity contribution < 1.29 is 9.90 Å². The Morgan fingerprint density at radius 1 is 0.923 bits per heavy atom. The van der Waals surface area contributed by atoms with E-state index in [0.29, 0.717) is 38.6 Å². The average Bonchev–Trinajstić information content (AvgIpc) is 3.15. The van der Waals surface area contributed by atoms with E-state index in [1.165, 1.54) is 4.57 Å². The maximum atomic E-state index is 13.7. The Labute approximate surface area is 229 Å². The van der Waals surface area contributed by atoms with Crippen molar-refractivity contribution in [3.05, 3.63) is 121 Å². The van der Waals surface area contributed by atoms with Crippen LogP contribution in [0.25, 0.3) is 16.6 Å². The number of Topliss-reactive ketones (excluding diaryl/α,β-unsaturated/α-hetero) is 1. The second-order valence-corrected chi connectivity index (χ2v) is 9.85. The van der Waals surface area contributed by atoms with Gasteiger partial charge in [0.25, 0.3) is 11.1 Å². The highest BCUT2D eigenvalue weighted by atomic mass is 35.5. The normalized spacial score (nSPS) is 12.0. The first-order valence-electron chi connectivity index (χ1n) is 12.4. The molecule has 0 spiro atoms. The van der Waals surface area contributed by atoms with Crippen molar-refractivity contribution >= 4 is 34.0 Å². The molecule has 0 radical (unpaired) electrons. The molecule has 0 bridgehead atoms. The molecule has 0 saturated heterocycles. The predicted octanol–water partition coefficient (Wildman–Crippen LogP) is 5.12. The predicted molar refractivity (Wildman–Crippen MR) is 153 cm³/mol. The number of hydrogen-bond donors (Lipinski definition) is 2. The number of pyridine rings is 1. The van der Waals surface area contributed by atoms with E-state index in [2.05, 4.69) is 5.32 Å². The van der Waals surface area contributed by atoms with Gasteiger partial charge in [0.05, 0.1) is 22.9 Å². The number of para-hydroxylation sites is 2. The summed E-state index contributed by atoms with van der Waals surface area (Å²) in [6.07, 6.45) is -0.193. The average molecular weight is 543 g/mol. The lowest BCUT2D eigenvalue weighted by molar-refractivity contribution is 0.0972. The molecule has 5 rings (SSSR count). The number of carbonyl (C=O) groups is 1. The summed E-state index contributed by atoms with van der Waals surface area (Å²) in [5.74, 6) is -0.904. The van der Waals surface area contributed by atoms with Gasteiger partial charge in [-0.1, -0.05) is 54.1 Å². The zero-order chi connectivity index (χ0) is 27.8. The van der Waals surface area contributed by atoms with Gasteiger partial charge in [0.1, 0.15) is 17.0 Å². The number of benzene rings is 3. The summed E-state index contributed by atoms with van der Waals surface area (Å²) in [7, 11) is 3.35. The standard InChI is InChI=1S/C30H27ClN4O4/c1-18-27(30(39)35(34(18)3)21-9-5-4-6-10-21)32-23(19-13-15-20(31)16-14-19)17-25(36)26-28(37)22-11-7-8-12-24(22)33(2)29(26)38/h4-16,23,32,37H,17H2,1-3H3/t23-/m0/s1. The van der Waals surface area contributed by atoms with Crippen molar-refractivity contribution in [2.75, 3.05) is 5.32 Å². The molecular weight excluding hydrogens is 516 g/mol. The Bertz CT molecular complexity index is 1820. The van der Waals surface area contributed by atoms with E-state index in [4.69, 9.17) is 11.6 Å². The zero-order valence-electron chi connectivity index (χ0n) is 21.7. The van der Waals surface area contributed by atoms with Crippen LogP contribution < -0.4 is 16.4 Å².